The van der Waals surface area contributed by atoms with Crippen molar-refractivity contribution in [1.29, 1.82) is 0 Å². The van der Waals surface area contributed by atoms with Gasteiger partial charge in [0, 0.05) is 26.0 Å². The van der Waals surface area contributed by atoms with Crippen LogP contribution in [0.4, 0.5) is 0 Å². The topological polar surface area (TPSA) is 71.8 Å². The number of carbonyl (C=O) groups is 1. The number of hydrogen-bond donors (Lipinski definition) is 2. The molecule has 0 fully saturated rings. The molecule has 2 aromatic heterocycles. The SMILES string of the molecule is CCNCc1cncc(-n2ccc(C(=O)NC)n2)c1. The van der Waals surface area contributed by atoms with Crippen molar-refractivity contribution < 1.29 is 4.79 Å². The number of carbonyl (C=O) groups excluding carboxylic acids is 1. The molecule has 0 saturated carbocycles. The van der Waals surface area contributed by atoms with Crippen molar-refractivity contribution >= 4 is 5.91 Å². The Morgan fingerprint density at radius 2 is 2.26 bits per heavy atom. The van der Waals surface area contributed by atoms with Crippen LogP contribution in [-0.4, -0.2) is 34.3 Å². The van der Waals surface area contributed by atoms with Crippen LogP contribution in [0.2, 0.25) is 0 Å². The van der Waals surface area contributed by atoms with E-state index in [9.17, 15) is 4.79 Å². The van der Waals surface area contributed by atoms with E-state index in [-0.39, 0.29) is 5.91 Å². The standard InChI is InChI=1S/C13H17N5O/c1-3-15-7-10-6-11(9-16-8-10)18-5-4-12(17-18)13(19)14-2/h4-6,8-9,15H,3,7H2,1-2H3,(H,14,19). The second-order valence-electron chi connectivity index (χ2n) is 4.06. The lowest BCUT2D eigenvalue weighted by Crippen LogP contribution is -2.18. The van der Waals surface area contributed by atoms with Crippen LogP contribution in [0.5, 0.6) is 0 Å². The maximum atomic E-state index is 11.5. The molecular weight excluding hydrogens is 242 g/mol. The van der Waals surface area contributed by atoms with Gasteiger partial charge in [-0.05, 0) is 24.2 Å². The van der Waals surface area contributed by atoms with Crippen molar-refractivity contribution in [2.75, 3.05) is 13.6 Å². The van der Waals surface area contributed by atoms with Gasteiger partial charge in [0.05, 0.1) is 11.9 Å². The van der Waals surface area contributed by atoms with Crippen molar-refractivity contribution in [1.82, 2.24) is 25.4 Å². The molecule has 0 aliphatic heterocycles. The minimum Gasteiger partial charge on any atom is -0.354 e. The van der Waals surface area contributed by atoms with Crippen LogP contribution in [0.3, 0.4) is 0 Å². The summed E-state index contributed by atoms with van der Waals surface area (Å²) in [4.78, 5) is 15.6. The Balaban J connectivity index is 2.21. The van der Waals surface area contributed by atoms with E-state index in [1.165, 1.54) is 0 Å². The minimum absolute atomic E-state index is 0.199. The highest BCUT2D eigenvalue weighted by Crippen LogP contribution is 2.09. The monoisotopic (exact) mass is 259 g/mol. The molecule has 6 nitrogen and oxygen atoms in total. The normalized spacial score (nSPS) is 10.4. The average Bonchev–Trinajstić information content (AvgIpc) is 2.94. The van der Waals surface area contributed by atoms with Crippen LogP contribution in [0.1, 0.15) is 23.0 Å². The lowest BCUT2D eigenvalue weighted by Gasteiger charge is -2.05. The molecule has 0 aromatic carbocycles. The number of aromatic nitrogens is 3. The summed E-state index contributed by atoms with van der Waals surface area (Å²) in [6, 6.07) is 3.67. The third-order valence-electron chi connectivity index (χ3n) is 2.67. The first-order valence-corrected chi connectivity index (χ1v) is 6.17. The highest BCUT2D eigenvalue weighted by Gasteiger charge is 2.08. The van der Waals surface area contributed by atoms with E-state index in [0.29, 0.717) is 5.69 Å². The zero-order valence-corrected chi connectivity index (χ0v) is 11.1. The van der Waals surface area contributed by atoms with Gasteiger partial charge in [0.15, 0.2) is 5.69 Å². The summed E-state index contributed by atoms with van der Waals surface area (Å²) in [5.74, 6) is -0.199. The Morgan fingerprint density at radius 1 is 1.42 bits per heavy atom. The summed E-state index contributed by atoms with van der Waals surface area (Å²) in [6.45, 7) is 3.73. The Bertz CT molecular complexity index is 564. The van der Waals surface area contributed by atoms with Gasteiger partial charge in [-0.15, -0.1) is 0 Å². The first-order valence-electron chi connectivity index (χ1n) is 6.17. The molecule has 0 radical (unpaired) electrons. The second-order valence-corrected chi connectivity index (χ2v) is 4.06. The first-order chi connectivity index (χ1) is 9.24. The quantitative estimate of drug-likeness (QED) is 0.830. The second kappa shape index (κ2) is 6.10. The van der Waals surface area contributed by atoms with Crippen molar-refractivity contribution in [3.63, 3.8) is 0 Å². The third-order valence-corrected chi connectivity index (χ3v) is 2.67. The van der Waals surface area contributed by atoms with Crippen LogP contribution in [-0.2, 0) is 6.54 Å². The van der Waals surface area contributed by atoms with Crippen LogP contribution in [0, 0.1) is 0 Å². The molecule has 6 heteroatoms. The van der Waals surface area contributed by atoms with E-state index in [4.69, 9.17) is 0 Å². The van der Waals surface area contributed by atoms with Crippen LogP contribution in [0.25, 0.3) is 5.69 Å². The van der Waals surface area contributed by atoms with Gasteiger partial charge >= 0.3 is 0 Å². The van der Waals surface area contributed by atoms with E-state index in [1.807, 2.05) is 12.3 Å². The van der Waals surface area contributed by atoms with Gasteiger partial charge in [-0.1, -0.05) is 6.92 Å². The number of nitrogens with zero attached hydrogens (tertiary/aromatic N) is 3. The molecule has 0 spiro atoms. The van der Waals surface area contributed by atoms with Crippen LogP contribution >= 0.6 is 0 Å². The van der Waals surface area contributed by atoms with E-state index in [1.54, 1.807) is 30.2 Å². The zero-order valence-electron chi connectivity index (χ0n) is 11.1. The minimum atomic E-state index is -0.199. The van der Waals surface area contributed by atoms with Crippen molar-refractivity contribution in [3.05, 3.63) is 42.0 Å². The number of amides is 1. The third kappa shape index (κ3) is 3.17. The summed E-state index contributed by atoms with van der Waals surface area (Å²) in [6.07, 6.45) is 5.28. The Morgan fingerprint density at radius 3 is 3.00 bits per heavy atom. The Labute approximate surface area is 111 Å². The molecule has 2 rings (SSSR count). The van der Waals surface area contributed by atoms with Gasteiger partial charge in [-0.3, -0.25) is 9.78 Å². The fraction of sp³-hybridized carbons (Fsp3) is 0.308. The molecule has 2 heterocycles. The van der Waals surface area contributed by atoms with Gasteiger partial charge in [0.2, 0.25) is 0 Å². The van der Waals surface area contributed by atoms with Crippen molar-refractivity contribution in [3.8, 4) is 5.69 Å². The maximum absolute atomic E-state index is 11.5. The highest BCUT2D eigenvalue weighted by atomic mass is 16.1. The van der Waals surface area contributed by atoms with Gasteiger partial charge < -0.3 is 10.6 Å². The first kappa shape index (κ1) is 13.2. The molecule has 2 aromatic rings. The number of rotatable bonds is 5. The van der Waals surface area contributed by atoms with Gasteiger partial charge in [0.1, 0.15) is 0 Å². The Kier molecular flexibility index (Phi) is 4.25. The fourth-order valence-electron chi connectivity index (χ4n) is 1.68. The fourth-order valence-corrected chi connectivity index (χ4v) is 1.68. The predicted octanol–water partition coefficient (Wildman–Crippen LogP) is 0.736. The molecule has 100 valence electrons. The van der Waals surface area contributed by atoms with E-state index < -0.39 is 0 Å². The van der Waals surface area contributed by atoms with E-state index in [2.05, 4.69) is 27.6 Å². The highest BCUT2D eigenvalue weighted by molar-refractivity contribution is 5.91. The van der Waals surface area contributed by atoms with E-state index in [0.717, 1.165) is 24.3 Å². The molecule has 0 unspecified atom stereocenters. The lowest BCUT2D eigenvalue weighted by atomic mass is 10.2. The van der Waals surface area contributed by atoms with Crippen molar-refractivity contribution in [2.45, 2.75) is 13.5 Å². The lowest BCUT2D eigenvalue weighted by molar-refractivity contribution is 0.0957. The summed E-state index contributed by atoms with van der Waals surface area (Å²) in [7, 11) is 1.58. The summed E-state index contributed by atoms with van der Waals surface area (Å²) in [5.41, 5.74) is 2.31. The van der Waals surface area contributed by atoms with Crippen molar-refractivity contribution in [2.24, 2.45) is 0 Å². The summed E-state index contributed by atoms with van der Waals surface area (Å²) in [5, 5.41) is 10.0. The zero-order chi connectivity index (χ0) is 13.7. The molecule has 0 bridgehead atoms. The number of hydrogen-bond acceptors (Lipinski definition) is 4. The van der Waals surface area contributed by atoms with Gasteiger partial charge in [0.25, 0.3) is 5.91 Å². The maximum Gasteiger partial charge on any atom is 0.271 e. The number of pyridine rings is 1. The number of nitrogens with one attached hydrogen (secondary N) is 2. The molecule has 0 atom stereocenters. The molecule has 0 saturated heterocycles. The van der Waals surface area contributed by atoms with Crippen LogP contribution < -0.4 is 10.6 Å². The van der Waals surface area contributed by atoms with E-state index >= 15 is 0 Å². The Hall–Kier alpha value is -2.21. The molecule has 0 aliphatic carbocycles. The smallest absolute Gasteiger partial charge is 0.271 e. The summed E-state index contributed by atoms with van der Waals surface area (Å²) >= 11 is 0. The summed E-state index contributed by atoms with van der Waals surface area (Å²) < 4.78 is 1.65. The molecule has 19 heavy (non-hydrogen) atoms. The molecule has 2 N–H and O–H groups in total. The van der Waals surface area contributed by atoms with Gasteiger partial charge in [-0.2, -0.15) is 5.10 Å². The van der Waals surface area contributed by atoms with Crippen LogP contribution in [0.15, 0.2) is 30.7 Å². The molecule has 0 aliphatic rings. The molecular formula is C13H17N5O. The average molecular weight is 259 g/mol. The predicted molar refractivity (Wildman–Crippen MR) is 72.1 cm³/mol. The van der Waals surface area contributed by atoms with Gasteiger partial charge in [-0.25, -0.2) is 4.68 Å². The largest absolute Gasteiger partial charge is 0.354 e. The molecule has 1 amide bonds.